The van der Waals surface area contributed by atoms with Gasteiger partial charge in [-0.2, -0.15) is 0 Å². The first-order chi connectivity index (χ1) is 18.9. The Morgan fingerprint density at radius 3 is 2.44 bits per heavy atom. The van der Waals surface area contributed by atoms with Crippen LogP contribution < -0.4 is 5.32 Å². The van der Waals surface area contributed by atoms with E-state index in [1.807, 2.05) is 18.7 Å². The molecule has 11 heteroatoms. The fourth-order valence-electron chi connectivity index (χ4n) is 6.27. The van der Waals surface area contributed by atoms with Crippen LogP contribution in [0.5, 0.6) is 0 Å². The van der Waals surface area contributed by atoms with Gasteiger partial charge in [0.15, 0.2) is 0 Å². The average molecular weight is 628 g/mol. The normalized spacial score (nSPS) is 22.6. The highest BCUT2D eigenvalue weighted by molar-refractivity contribution is 7.10. The van der Waals surface area contributed by atoms with Crippen LogP contribution in [0.3, 0.4) is 0 Å². The van der Waals surface area contributed by atoms with Gasteiger partial charge in [0.05, 0.1) is 6.04 Å². The Labute approximate surface area is 258 Å². The van der Waals surface area contributed by atoms with E-state index in [9.17, 15) is 18.8 Å². The minimum Gasteiger partial charge on any atom is -0.344 e. The molecule has 3 heterocycles. The first kappa shape index (κ1) is 33.4. The Morgan fingerprint density at radius 2 is 1.76 bits per heavy atom. The quantitative estimate of drug-likeness (QED) is 0.374. The molecule has 41 heavy (non-hydrogen) atoms. The largest absolute Gasteiger partial charge is 0.344 e. The Hall–Kier alpha value is -2.07. The number of halogens is 3. The molecule has 4 atom stereocenters. The molecule has 1 saturated carbocycles. The van der Waals surface area contributed by atoms with E-state index in [1.165, 1.54) is 42.0 Å². The lowest BCUT2D eigenvalue weighted by Gasteiger charge is -2.45. The van der Waals surface area contributed by atoms with Crippen LogP contribution in [0.4, 0.5) is 4.39 Å². The van der Waals surface area contributed by atoms with Crippen molar-refractivity contribution >= 4 is 53.7 Å². The van der Waals surface area contributed by atoms with E-state index in [2.05, 4.69) is 10.2 Å². The first-order valence-corrected chi connectivity index (χ1v) is 15.3. The molecule has 3 fully saturated rings. The number of nitrogens with one attached hydrogen (secondary N) is 1. The molecule has 5 rings (SSSR count). The summed E-state index contributed by atoms with van der Waals surface area (Å²) < 4.78 is 13.4. The second-order valence-corrected chi connectivity index (χ2v) is 12.3. The summed E-state index contributed by atoms with van der Waals surface area (Å²) in [6.45, 7) is 6.17. The topological polar surface area (TPSA) is 82.6 Å². The molecular weight excluding hydrogens is 586 g/mol. The van der Waals surface area contributed by atoms with E-state index in [4.69, 9.17) is 4.98 Å². The summed E-state index contributed by atoms with van der Waals surface area (Å²) in [5, 5.41) is 5.64. The minimum atomic E-state index is -0.539. The van der Waals surface area contributed by atoms with Crippen LogP contribution in [0, 0.1) is 17.7 Å². The summed E-state index contributed by atoms with van der Waals surface area (Å²) in [7, 11) is 0. The van der Waals surface area contributed by atoms with Gasteiger partial charge in [-0.3, -0.25) is 19.3 Å². The van der Waals surface area contributed by atoms with Crippen LogP contribution in [0.25, 0.3) is 0 Å². The van der Waals surface area contributed by atoms with E-state index in [-0.39, 0.29) is 60.3 Å². The van der Waals surface area contributed by atoms with Crippen LogP contribution in [0.2, 0.25) is 0 Å². The maximum absolute atomic E-state index is 14.4. The number of fused-ring (bicyclic) bond motifs is 1. The van der Waals surface area contributed by atoms with Crippen LogP contribution >= 0.6 is 36.2 Å². The van der Waals surface area contributed by atoms with Crippen molar-refractivity contribution in [1.29, 1.82) is 0 Å². The van der Waals surface area contributed by atoms with Gasteiger partial charge in [-0.25, -0.2) is 9.37 Å². The zero-order valence-corrected chi connectivity index (χ0v) is 26.2. The SMILES string of the molecule is CC[C@@H](C)C(=O)N[C@H](C(=O)N1C[C@H]2CCCN2C[C@H]1c1nc(C(=O)c2ccc(F)cc2)cs1)C1CCCCC1.Cl.Cl. The third kappa shape index (κ3) is 7.48. The second-order valence-electron chi connectivity index (χ2n) is 11.4. The van der Waals surface area contributed by atoms with Crippen LogP contribution in [0.15, 0.2) is 29.6 Å². The van der Waals surface area contributed by atoms with Crippen molar-refractivity contribution in [1.82, 2.24) is 20.1 Å². The van der Waals surface area contributed by atoms with Crippen molar-refractivity contribution in [3.63, 3.8) is 0 Å². The molecule has 2 aliphatic heterocycles. The van der Waals surface area contributed by atoms with Gasteiger partial charge in [-0.15, -0.1) is 36.2 Å². The van der Waals surface area contributed by atoms with Gasteiger partial charge in [-0.05, 0) is 68.8 Å². The minimum absolute atomic E-state index is 0. The molecule has 2 saturated heterocycles. The molecule has 0 spiro atoms. The molecule has 0 radical (unpaired) electrons. The van der Waals surface area contributed by atoms with Gasteiger partial charge >= 0.3 is 0 Å². The zero-order chi connectivity index (χ0) is 27.5. The number of benzene rings is 1. The summed E-state index contributed by atoms with van der Waals surface area (Å²) in [5.74, 6) is -0.740. The molecule has 3 aliphatic rings. The molecular formula is C30H41Cl2FN4O3S. The molecule has 1 N–H and O–H groups in total. The number of piperazine rings is 1. The van der Waals surface area contributed by atoms with Crippen LogP contribution in [-0.2, 0) is 9.59 Å². The fraction of sp³-hybridized carbons (Fsp3) is 0.600. The third-order valence-electron chi connectivity index (χ3n) is 8.86. The maximum Gasteiger partial charge on any atom is 0.246 e. The van der Waals surface area contributed by atoms with E-state index < -0.39 is 11.9 Å². The average Bonchev–Trinajstić information content (AvgIpc) is 3.64. The highest BCUT2D eigenvalue weighted by Gasteiger charge is 2.44. The van der Waals surface area contributed by atoms with Crippen molar-refractivity contribution in [2.24, 2.45) is 11.8 Å². The smallest absolute Gasteiger partial charge is 0.246 e. The Kier molecular flexibility index (Phi) is 12.1. The summed E-state index contributed by atoms with van der Waals surface area (Å²) in [5.41, 5.74) is 0.695. The first-order valence-electron chi connectivity index (χ1n) is 14.5. The summed E-state index contributed by atoms with van der Waals surface area (Å²) in [6, 6.07) is 4.97. The lowest BCUT2D eigenvalue weighted by molar-refractivity contribution is -0.144. The van der Waals surface area contributed by atoms with E-state index >= 15 is 0 Å². The van der Waals surface area contributed by atoms with E-state index in [0.717, 1.165) is 56.5 Å². The molecule has 7 nitrogen and oxygen atoms in total. The molecule has 1 aliphatic carbocycles. The van der Waals surface area contributed by atoms with Gasteiger partial charge < -0.3 is 10.2 Å². The number of amides is 2. The molecule has 226 valence electrons. The van der Waals surface area contributed by atoms with Crippen molar-refractivity contribution in [2.75, 3.05) is 19.6 Å². The maximum atomic E-state index is 14.4. The molecule has 2 amide bonds. The van der Waals surface area contributed by atoms with Crippen LogP contribution in [0.1, 0.15) is 92.3 Å². The van der Waals surface area contributed by atoms with Crippen molar-refractivity contribution < 1.29 is 18.8 Å². The monoisotopic (exact) mass is 626 g/mol. The second kappa shape index (κ2) is 14.9. The number of hydrogen-bond donors (Lipinski definition) is 1. The number of thiazole rings is 1. The summed E-state index contributed by atoms with van der Waals surface area (Å²) >= 11 is 1.39. The van der Waals surface area contributed by atoms with Gasteiger partial charge in [0.25, 0.3) is 0 Å². The van der Waals surface area contributed by atoms with Gasteiger partial charge in [-0.1, -0.05) is 33.1 Å². The van der Waals surface area contributed by atoms with Gasteiger partial charge in [0.1, 0.15) is 22.6 Å². The van der Waals surface area contributed by atoms with Crippen molar-refractivity contribution in [2.45, 2.75) is 83.3 Å². The predicted molar refractivity (Wildman–Crippen MR) is 163 cm³/mol. The number of aromatic nitrogens is 1. The number of ketones is 1. The lowest BCUT2D eigenvalue weighted by atomic mass is 9.82. The number of hydrogen-bond acceptors (Lipinski definition) is 6. The lowest BCUT2D eigenvalue weighted by Crippen LogP contribution is -2.60. The van der Waals surface area contributed by atoms with Crippen molar-refractivity contribution in [3.8, 4) is 0 Å². The molecule has 1 aromatic heterocycles. The molecule has 0 bridgehead atoms. The highest BCUT2D eigenvalue weighted by atomic mass is 35.5. The Bertz CT molecular complexity index is 1190. The number of carbonyl (C=O) groups is 3. The molecule has 1 aromatic carbocycles. The standard InChI is InChI=1S/C30H39FN4O3S.2ClH/c1-3-19(2)28(37)33-26(20-8-5-4-6-9-20)30(38)35-16-23-10-7-15-34(23)17-25(35)29-32-24(18-39-29)27(36)21-11-13-22(31)14-12-21;;/h11-14,18-20,23,25-26H,3-10,15-17H2,1-2H3,(H,33,37);2*1H/t19-,23-,25+,26+;;/m1../s1. The van der Waals surface area contributed by atoms with Gasteiger partial charge in [0, 0.05) is 36.0 Å². The van der Waals surface area contributed by atoms with Crippen LogP contribution in [-0.4, -0.2) is 64.1 Å². The third-order valence-corrected chi connectivity index (χ3v) is 9.81. The van der Waals surface area contributed by atoms with E-state index in [1.54, 1.807) is 5.38 Å². The molecule has 0 unspecified atom stereocenters. The Balaban J connectivity index is 0.00000231. The predicted octanol–water partition coefficient (Wildman–Crippen LogP) is 5.82. The highest BCUT2D eigenvalue weighted by Crippen LogP contribution is 2.36. The van der Waals surface area contributed by atoms with Crippen molar-refractivity contribution in [3.05, 3.63) is 51.7 Å². The summed E-state index contributed by atoms with van der Waals surface area (Å²) in [6.07, 6.45) is 8.09. The van der Waals surface area contributed by atoms with E-state index in [0.29, 0.717) is 30.4 Å². The number of carbonyl (C=O) groups excluding carboxylic acids is 3. The summed E-state index contributed by atoms with van der Waals surface area (Å²) in [4.78, 5) is 49.6. The molecule has 2 aromatic rings. The Morgan fingerprint density at radius 1 is 1.05 bits per heavy atom. The van der Waals surface area contributed by atoms with Gasteiger partial charge in [0.2, 0.25) is 17.6 Å². The number of nitrogens with zero attached hydrogens (tertiary/aromatic N) is 3. The zero-order valence-electron chi connectivity index (χ0n) is 23.7. The fourth-order valence-corrected chi connectivity index (χ4v) is 7.18. The number of rotatable bonds is 8.